The van der Waals surface area contributed by atoms with Crippen LogP contribution in [0.4, 0.5) is 0 Å². The van der Waals surface area contributed by atoms with Crippen molar-refractivity contribution in [3.05, 3.63) is 23.2 Å². The second-order valence-electron chi connectivity index (χ2n) is 2.06. The van der Waals surface area contributed by atoms with Crippen LogP contribution < -0.4 is 0 Å². The third-order valence-electron chi connectivity index (χ3n) is 1.39. The van der Waals surface area contributed by atoms with Crippen LogP contribution in [0, 0.1) is 0 Å². The van der Waals surface area contributed by atoms with Crippen molar-refractivity contribution in [3.63, 3.8) is 0 Å². The number of fused-ring (bicyclic) bond motifs is 1. The average Bonchev–Trinajstić information content (AvgIpc) is 2.35. The number of hydrogen-bond acceptors (Lipinski definition) is 2. The first-order valence-electron chi connectivity index (χ1n) is 2.95. The second kappa shape index (κ2) is 2.36. The van der Waals surface area contributed by atoms with E-state index >= 15 is 0 Å². The number of benzene rings is 1. The van der Waals surface area contributed by atoms with Crippen LogP contribution in [0.5, 0.6) is 0 Å². The fourth-order valence-electron chi connectivity index (χ4n) is 0.884. The van der Waals surface area contributed by atoms with Crippen molar-refractivity contribution in [2.24, 2.45) is 0 Å². The lowest BCUT2D eigenvalue weighted by Crippen LogP contribution is -1.80. The highest BCUT2D eigenvalue weighted by molar-refractivity contribution is 6.35. The monoisotopic (exact) mass is 187 g/mol. The highest BCUT2D eigenvalue weighted by Crippen LogP contribution is 2.20. The lowest BCUT2D eigenvalue weighted by molar-refractivity contribution is 0.899. The zero-order valence-corrected chi connectivity index (χ0v) is 6.84. The largest absolute Gasteiger partial charge is 0.151 e. The molecule has 0 aliphatic heterocycles. The number of rotatable bonds is 0. The van der Waals surface area contributed by atoms with Gasteiger partial charge in [-0.3, -0.25) is 0 Å². The quantitative estimate of drug-likeness (QED) is 0.633. The predicted octanol–water partition coefficient (Wildman–Crippen LogP) is 2.09. The summed E-state index contributed by atoms with van der Waals surface area (Å²) in [7, 11) is 0. The summed E-state index contributed by atoms with van der Waals surface area (Å²) in [6.07, 6.45) is 0. The fourth-order valence-corrected chi connectivity index (χ4v) is 1.26. The van der Waals surface area contributed by atoms with Gasteiger partial charge in [-0.1, -0.05) is 17.7 Å². The lowest BCUT2D eigenvalue weighted by atomic mass is 10.3. The third-order valence-corrected chi connectivity index (χ3v) is 1.94. The van der Waals surface area contributed by atoms with Crippen molar-refractivity contribution in [1.29, 1.82) is 0 Å². The van der Waals surface area contributed by atoms with Crippen molar-refractivity contribution in [3.8, 4) is 0 Å². The Kier molecular flexibility index (Phi) is 1.47. The molecule has 0 amide bonds. The summed E-state index contributed by atoms with van der Waals surface area (Å²) in [5.74, 6) is 0. The van der Waals surface area contributed by atoms with Gasteiger partial charge in [0, 0.05) is 11.8 Å². The SMILES string of the molecule is Clc1cccc2c1nnn2Cl. The summed E-state index contributed by atoms with van der Waals surface area (Å²) < 4.78 is 1.17. The number of halogens is 2. The summed E-state index contributed by atoms with van der Waals surface area (Å²) >= 11 is 11.4. The molecule has 5 heteroatoms. The molecule has 0 N–H and O–H groups in total. The second-order valence-corrected chi connectivity index (χ2v) is 2.78. The van der Waals surface area contributed by atoms with E-state index < -0.39 is 0 Å². The minimum absolute atomic E-state index is 0.564. The standard InChI is InChI=1S/C6H3Cl2N3/c7-4-2-1-3-5-6(4)9-10-11(5)8/h1-3H. The minimum Gasteiger partial charge on any atom is -0.151 e. The number of aromatic nitrogens is 3. The fraction of sp³-hybridized carbons (Fsp3) is 0. The Morgan fingerprint density at radius 1 is 1.36 bits per heavy atom. The Morgan fingerprint density at radius 2 is 2.18 bits per heavy atom. The maximum atomic E-state index is 5.80. The molecule has 0 bridgehead atoms. The highest BCUT2D eigenvalue weighted by atomic mass is 35.5. The molecule has 2 rings (SSSR count). The van der Waals surface area contributed by atoms with Crippen LogP contribution in [0.1, 0.15) is 0 Å². The van der Waals surface area contributed by atoms with Gasteiger partial charge in [-0.25, -0.2) is 0 Å². The van der Waals surface area contributed by atoms with E-state index in [1.165, 1.54) is 4.20 Å². The van der Waals surface area contributed by atoms with Gasteiger partial charge in [0.25, 0.3) is 0 Å². The van der Waals surface area contributed by atoms with Gasteiger partial charge in [0.1, 0.15) is 11.0 Å². The molecular weight excluding hydrogens is 185 g/mol. The van der Waals surface area contributed by atoms with Crippen LogP contribution >= 0.6 is 23.4 Å². The average molecular weight is 188 g/mol. The molecule has 1 aromatic carbocycles. The third kappa shape index (κ3) is 0.968. The topological polar surface area (TPSA) is 30.7 Å². The van der Waals surface area contributed by atoms with Crippen LogP contribution in [0.2, 0.25) is 5.02 Å². The van der Waals surface area contributed by atoms with Gasteiger partial charge >= 0.3 is 0 Å². The van der Waals surface area contributed by atoms with Crippen LogP contribution in [-0.4, -0.2) is 14.5 Å². The van der Waals surface area contributed by atoms with Gasteiger partial charge in [-0.2, -0.15) is 4.20 Å². The van der Waals surface area contributed by atoms with Gasteiger partial charge in [0.05, 0.1) is 5.02 Å². The van der Waals surface area contributed by atoms with Crippen molar-refractivity contribution >= 4 is 34.4 Å². The summed E-state index contributed by atoms with van der Waals surface area (Å²) in [5.41, 5.74) is 1.35. The van der Waals surface area contributed by atoms with Gasteiger partial charge in [-0.15, -0.1) is 5.10 Å². The molecule has 3 nitrogen and oxygen atoms in total. The van der Waals surface area contributed by atoms with E-state index in [0.29, 0.717) is 10.5 Å². The summed E-state index contributed by atoms with van der Waals surface area (Å²) in [5, 5.41) is 7.94. The summed E-state index contributed by atoms with van der Waals surface area (Å²) in [6, 6.07) is 5.34. The normalized spacial score (nSPS) is 10.7. The van der Waals surface area contributed by atoms with E-state index in [1.807, 2.05) is 0 Å². The molecule has 0 radical (unpaired) electrons. The molecule has 0 aliphatic carbocycles. The molecule has 0 spiro atoms. The predicted molar refractivity (Wildman–Crippen MR) is 43.8 cm³/mol. The molecule has 0 saturated heterocycles. The van der Waals surface area contributed by atoms with Gasteiger partial charge in [-0.05, 0) is 17.3 Å². The Hall–Kier alpha value is -0.800. The molecule has 0 atom stereocenters. The van der Waals surface area contributed by atoms with Crippen molar-refractivity contribution in [1.82, 2.24) is 14.5 Å². The summed E-state index contributed by atoms with van der Waals surface area (Å²) in [4.78, 5) is 0. The molecule has 1 aromatic heterocycles. The van der Waals surface area contributed by atoms with E-state index in [0.717, 1.165) is 5.52 Å². The molecule has 2 aromatic rings. The van der Waals surface area contributed by atoms with Crippen LogP contribution in [0.15, 0.2) is 18.2 Å². The molecule has 0 fully saturated rings. The Balaban J connectivity index is 2.94. The van der Waals surface area contributed by atoms with Crippen molar-refractivity contribution < 1.29 is 0 Å². The van der Waals surface area contributed by atoms with Crippen LogP contribution in [0.25, 0.3) is 11.0 Å². The van der Waals surface area contributed by atoms with E-state index in [-0.39, 0.29) is 0 Å². The molecule has 56 valence electrons. The van der Waals surface area contributed by atoms with Crippen LogP contribution in [-0.2, 0) is 0 Å². The van der Waals surface area contributed by atoms with E-state index in [1.54, 1.807) is 18.2 Å². The first kappa shape index (κ1) is 6.88. The Labute approximate surface area is 72.6 Å². The highest BCUT2D eigenvalue weighted by Gasteiger charge is 2.04. The molecule has 11 heavy (non-hydrogen) atoms. The first-order chi connectivity index (χ1) is 5.29. The van der Waals surface area contributed by atoms with Crippen molar-refractivity contribution in [2.75, 3.05) is 0 Å². The number of hydrogen-bond donors (Lipinski definition) is 0. The molecule has 0 unspecified atom stereocenters. The van der Waals surface area contributed by atoms with Gasteiger partial charge < -0.3 is 0 Å². The van der Waals surface area contributed by atoms with Gasteiger partial charge in [0.2, 0.25) is 0 Å². The minimum atomic E-state index is 0.564. The molecule has 0 saturated carbocycles. The Morgan fingerprint density at radius 3 is 2.91 bits per heavy atom. The zero-order chi connectivity index (χ0) is 7.84. The van der Waals surface area contributed by atoms with Crippen molar-refractivity contribution in [2.45, 2.75) is 0 Å². The lowest BCUT2D eigenvalue weighted by Gasteiger charge is -1.89. The smallest absolute Gasteiger partial charge is 0.133 e. The molecular formula is C6H3Cl2N3. The number of nitrogens with zero attached hydrogens (tertiary/aromatic N) is 3. The summed E-state index contributed by atoms with van der Waals surface area (Å²) in [6.45, 7) is 0. The maximum absolute atomic E-state index is 5.80. The molecule has 1 heterocycles. The van der Waals surface area contributed by atoms with E-state index in [2.05, 4.69) is 10.3 Å². The zero-order valence-electron chi connectivity index (χ0n) is 5.33. The van der Waals surface area contributed by atoms with E-state index in [9.17, 15) is 0 Å². The van der Waals surface area contributed by atoms with Crippen LogP contribution in [0.3, 0.4) is 0 Å². The maximum Gasteiger partial charge on any atom is 0.133 e. The molecule has 0 aliphatic rings. The van der Waals surface area contributed by atoms with E-state index in [4.69, 9.17) is 23.4 Å². The first-order valence-corrected chi connectivity index (χ1v) is 3.67. The van der Waals surface area contributed by atoms with Gasteiger partial charge in [0.15, 0.2) is 0 Å². The Bertz CT molecular complexity index is 396.